The molecule has 0 aliphatic carbocycles. The minimum atomic E-state index is -4.65. The number of benzene rings is 3. The van der Waals surface area contributed by atoms with Crippen LogP contribution in [0.2, 0.25) is 0 Å². The van der Waals surface area contributed by atoms with E-state index in [9.17, 15) is 27.2 Å². The number of ether oxygens (including phenoxy) is 1. The van der Waals surface area contributed by atoms with Crippen molar-refractivity contribution < 1.29 is 31.9 Å². The van der Waals surface area contributed by atoms with Gasteiger partial charge in [0.1, 0.15) is 29.5 Å². The Hall–Kier alpha value is -4.51. The van der Waals surface area contributed by atoms with Crippen molar-refractivity contribution in [2.45, 2.75) is 31.2 Å². The number of carbonyl (C=O) groups excluding carboxylic acids is 2. The zero-order valence-electron chi connectivity index (χ0n) is 21.7. The number of halogens is 4. The molecule has 1 unspecified atom stereocenters. The summed E-state index contributed by atoms with van der Waals surface area (Å²) in [5, 5.41) is 7.54. The number of likely N-dealkylation sites (N-methyl/N-ethyl adjacent to an activating group) is 1. The van der Waals surface area contributed by atoms with Crippen molar-refractivity contribution in [3.63, 3.8) is 0 Å². The van der Waals surface area contributed by atoms with E-state index in [1.54, 1.807) is 11.6 Å². The Bertz CT molecular complexity index is 1620. The summed E-state index contributed by atoms with van der Waals surface area (Å²) in [6.45, 7) is 2.42. The molecule has 0 bridgehead atoms. The molecule has 0 saturated carbocycles. The lowest BCUT2D eigenvalue weighted by molar-refractivity contribution is -0.137. The molecule has 1 N–H and O–H groups in total. The van der Waals surface area contributed by atoms with Crippen molar-refractivity contribution >= 4 is 17.6 Å². The van der Waals surface area contributed by atoms with Gasteiger partial charge in [0, 0.05) is 23.6 Å². The molecular formula is C30H24F4N4O3. The highest BCUT2D eigenvalue weighted by Gasteiger charge is 2.48. The number of nitrogens with one attached hydrogen (secondary N) is 1. The molecule has 2 aliphatic heterocycles. The fraction of sp³-hybridized carbons (Fsp3) is 0.233. The van der Waals surface area contributed by atoms with Crippen molar-refractivity contribution in [3.05, 3.63) is 113 Å². The summed E-state index contributed by atoms with van der Waals surface area (Å²) in [5.41, 5.74) is 1.20. The third kappa shape index (κ3) is 4.86. The highest BCUT2D eigenvalue weighted by molar-refractivity contribution is 6.05. The minimum Gasteiger partial charge on any atom is -0.366 e. The molecule has 1 fully saturated rings. The monoisotopic (exact) mass is 564 g/mol. The molecule has 6 rings (SSSR count). The molecule has 2 amide bonds. The summed E-state index contributed by atoms with van der Waals surface area (Å²) >= 11 is 0. The Labute approximate surface area is 232 Å². The van der Waals surface area contributed by atoms with E-state index in [0.717, 1.165) is 18.2 Å². The van der Waals surface area contributed by atoms with Crippen LogP contribution in [0, 0.1) is 5.82 Å². The van der Waals surface area contributed by atoms with E-state index < -0.39 is 41.3 Å². The second-order valence-electron chi connectivity index (χ2n) is 9.83. The molecule has 2 aliphatic rings. The van der Waals surface area contributed by atoms with Crippen LogP contribution in [0.15, 0.2) is 78.9 Å². The predicted octanol–water partition coefficient (Wildman–Crippen LogP) is 5.40. The van der Waals surface area contributed by atoms with Gasteiger partial charge in [-0.1, -0.05) is 36.4 Å². The molecule has 7 nitrogen and oxygen atoms in total. The first-order valence-electron chi connectivity index (χ1n) is 13.0. The summed E-state index contributed by atoms with van der Waals surface area (Å²) in [4.78, 5) is 29.0. The maximum atomic E-state index is 14.1. The van der Waals surface area contributed by atoms with Gasteiger partial charge in [-0.3, -0.25) is 14.5 Å². The summed E-state index contributed by atoms with van der Waals surface area (Å²) in [6, 6.07) is 17.6. The van der Waals surface area contributed by atoms with Crippen LogP contribution in [0.3, 0.4) is 0 Å². The number of nitrogens with zero attached hydrogens (tertiary/aromatic N) is 3. The van der Waals surface area contributed by atoms with Crippen LogP contribution < -0.4 is 10.2 Å². The van der Waals surface area contributed by atoms with Gasteiger partial charge in [0.15, 0.2) is 0 Å². The maximum absolute atomic E-state index is 14.1. The van der Waals surface area contributed by atoms with Gasteiger partial charge in [0.25, 0.3) is 11.8 Å². The fourth-order valence-corrected chi connectivity index (χ4v) is 5.31. The topological polar surface area (TPSA) is 79.8 Å². The summed E-state index contributed by atoms with van der Waals surface area (Å²) in [7, 11) is 0. The quantitative estimate of drug-likeness (QED) is 0.251. The third-order valence-corrected chi connectivity index (χ3v) is 7.28. The normalized spacial score (nSPS) is 20.1. The number of rotatable bonds is 6. The number of para-hydroxylation sites is 1. The van der Waals surface area contributed by atoms with Crippen LogP contribution in [0.4, 0.5) is 23.4 Å². The Morgan fingerprint density at radius 1 is 1.05 bits per heavy atom. The van der Waals surface area contributed by atoms with Crippen LogP contribution in [0.5, 0.6) is 0 Å². The number of alkyl halides is 3. The molecule has 3 aromatic carbocycles. The Balaban J connectivity index is 1.52. The van der Waals surface area contributed by atoms with Gasteiger partial charge in [0.2, 0.25) is 0 Å². The second-order valence-corrected chi connectivity index (χ2v) is 9.83. The van der Waals surface area contributed by atoms with Crippen LogP contribution >= 0.6 is 0 Å². The zero-order valence-corrected chi connectivity index (χ0v) is 21.7. The van der Waals surface area contributed by atoms with Crippen LogP contribution in [0.1, 0.15) is 51.7 Å². The number of carbonyl (C=O) groups is 2. The average molecular weight is 565 g/mol. The highest BCUT2D eigenvalue weighted by Crippen LogP contribution is 2.47. The van der Waals surface area contributed by atoms with Crippen LogP contribution in [-0.2, 0) is 15.7 Å². The minimum absolute atomic E-state index is 0.224. The van der Waals surface area contributed by atoms with Crippen molar-refractivity contribution in [2.24, 2.45) is 0 Å². The SMILES string of the molecule is CCN1C(=O)[C@H](NC(=O)c2cccc(C(F)(F)F)c2)[C@H](c2ccc(F)cc2)c2c(C3CO3)nn(-c3ccccc3)c21. The van der Waals surface area contributed by atoms with E-state index in [-0.39, 0.29) is 18.2 Å². The molecular weight excluding hydrogens is 540 g/mol. The standard InChI is InChI=1S/C30H24F4N4O3/c1-2-37-28-24(25(22-16-41-22)36-38(28)21-9-4-3-5-10-21)23(17-11-13-20(31)14-12-17)26(29(37)40)35-27(39)18-7-6-8-19(15-18)30(32,33)34/h3-15,22-23,26H,2,16H2,1H3,(H,35,39)/t22?,23-,26-/m1/s1. The lowest BCUT2D eigenvalue weighted by atomic mass is 9.80. The van der Waals surface area contributed by atoms with Gasteiger partial charge in [0.05, 0.1) is 17.9 Å². The van der Waals surface area contributed by atoms with E-state index >= 15 is 0 Å². The number of aromatic nitrogens is 2. The molecule has 0 radical (unpaired) electrons. The van der Waals surface area contributed by atoms with Crippen molar-refractivity contribution in [2.75, 3.05) is 18.1 Å². The summed E-state index contributed by atoms with van der Waals surface area (Å²) < 4.78 is 61.3. The maximum Gasteiger partial charge on any atom is 0.416 e. The van der Waals surface area contributed by atoms with Crippen molar-refractivity contribution in [1.29, 1.82) is 0 Å². The molecule has 1 saturated heterocycles. The Morgan fingerprint density at radius 2 is 1.76 bits per heavy atom. The molecule has 0 spiro atoms. The van der Waals surface area contributed by atoms with Crippen LogP contribution in [0.25, 0.3) is 5.69 Å². The van der Waals surface area contributed by atoms with Gasteiger partial charge in [-0.15, -0.1) is 0 Å². The first-order valence-corrected chi connectivity index (χ1v) is 13.0. The predicted molar refractivity (Wildman–Crippen MR) is 141 cm³/mol. The Kier molecular flexibility index (Phi) is 6.61. The number of amides is 2. The van der Waals surface area contributed by atoms with E-state index in [1.165, 1.54) is 35.2 Å². The first kappa shape index (κ1) is 26.7. The molecule has 4 aromatic rings. The van der Waals surface area contributed by atoms with Gasteiger partial charge >= 0.3 is 6.18 Å². The number of anilines is 1. The largest absolute Gasteiger partial charge is 0.416 e. The molecule has 3 atom stereocenters. The molecule has 41 heavy (non-hydrogen) atoms. The van der Waals surface area contributed by atoms with Crippen molar-refractivity contribution in [1.82, 2.24) is 15.1 Å². The van der Waals surface area contributed by atoms with E-state index in [4.69, 9.17) is 9.84 Å². The van der Waals surface area contributed by atoms with Gasteiger partial charge in [-0.25, -0.2) is 9.07 Å². The number of hydrogen-bond donors (Lipinski definition) is 1. The number of hydrogen-bond acceptors (Lipinski definition) is 4. The fourth-order valence-electron chi connectivity index (χ4n) is 5.31. The van der Waals surface area contributed by atoms with E-state index in [2.05, 4.69) is 5.32 Å². The summed E-state index contributed by atoms with van der Waals surface area (Å²) in [6.07, 6.45) is -4.99. The molecule has 11 heteroatoms. The smallest absolute Gasteiger partial charge is 0.366 e. The zero-order chi connectivity index (χ0) is 28.9. The molecule has 210 valence electrons. The van der Waals surface area contributed by atoms with E-state index in [0.29, 0.717) is 34.9 Å². The first-order chi connectivity index (χ1) is 19.7. The van der Waals surface area contributed by atoms with Gasteiger partial charge < -0.3 is 10.1 Å². The molecule has 3 heterocycles. The molecule has 1 aromatic heterocycles. The van der Waals surface area contributed by atoms with Gasteiger partial charge in [-0.05, 0) is 55.0 Å². The van der Waals surface area contributed by atoms with Crippen LogP contribution in [-0.4, -0.2) is 40.8 Å². The third-order valence-electron chi connectivity index (χ3n) is 7.28. The second kappa shape index (κ2) is 10.2. The van der Waals surface area contributed by atoms with Crippen molar-refractivity contribution in [3.8, 4) is 5.69 Å². The lowest BCUT2D eigenvalue weighted by Gasteiger charge is -2.38. The number of fused-ring (bicyclic) bond motifs is 1. The van der Waals surface area contributed by atoms with E-state index in [1.807, 2.05) is 30.3 Å². The highest BCUT2D eigenvalue weighted by atomic mass is 19.4. The average Bonchev–Trinajstić information content (AvgIpc) is 3.74. The number of epoxide rings is 1. The lowest BCUT2D eigenvalue weighted by Crippen LogP contribution is -2.55. The Morgan fingerprint density at radius 3 is 2.39 bits per heavy atom. The van der Waals surface area contributed by atoms with Gasteiger partial charge in [-0.2, -0.15) is 18.3 Å². The summed E-state index contributed by atoms with van der Waals surface area (Å²) in [5.74, 6) is -2.14.